The molecular formula is C26H35ClN4O. The molecule has 4 rings (SSSR count). The molecule has 172 valence electrons. The van der Waals surface area contributed by atoms with E-state index in [2.05, 4.69) is 66.2 Å². The molecule has 2 saturated heterocycles. The largest absolute Gasteiger partial charge is 0.367 e. The van der Waals surface area contributed by atoms with Crippen molar-refractivity contribution in [3.63, 3.8) is 0 Å². The molecule has 32 heavy (non-hydrogen) atoms. The second kappa shape index (κ2) is 10.1. The van der Waals surface area contributed by atoms with Gasteiger partial charge in [0.15, 0.2) is 0 Å². The fourth-order valence-corrected chi connectivity index (χ4v) is 5.04. The van der Waals surface area contributed by atoms with Crippen LogP contribution < -0.4 is 10.2 Å². The number of hydrogen-bond acceptors (Lipinski definition) is 3. The van der Waals surface area contributed by atoms with Gasteiger partial charge in [-0.2, -0.15) is 0 Å². The van der Waals surface area contributed by atoms with Gasteiger partial charge in [0.2, 0.25) is 0 Å². The maximum Gasteiger partial charge on any atom is 0.321 e. The van der Waals surface area contributed by atoms with Gasteiger partial charge in [0.1, 0.15) is 0 Å². The van der Waals surface area contributed by atoms with E-state index in [1.807, 2.05) is 17.0 Å². The van der Waals surface area contributed by atoms with Crippen LogP contribution >= 0.6 is 11.6 Å². The molecule has 5 nitrogen and oxygen atoms in total. The summed E-state index contributed by atoms with van der Waals surface area (Å²) in [6, 6.07) is 15.2. The van der Waals surface area contributed by atoms with Crippen LogP contribution in [0.2, 0.25) is 5.02 Å². The van der Waals surface area contributed by atoms with Crippen LogP contribution in [0.15, 0.2) is 42.5 Å². The van der Waals surface area contributed by atoms with E-state index in [4.69, 9.17) is 11.6 Å². The average molecular weight is 455 g/mol. The fraction of sp³-hybridized carbons (Fsp3) is 0.500. The Morgan fingerprint density at radius 1 is 0.969 bits per heavy atom. The number of likely N-dealkylation sites (tertiary alicyclic amines) is 1. The number of halogens is 1. The third-order valence-electron chi connectivity index (χ3n) is 6.94. The lowest BCUT2D eigenvalue weighted by Gasteiger charge is -2.39. The molecule has 0 saturated carbocycles. The number of aryl methyl sites for hydroxylation is 1. The average Bonchev–Trinajstić information content (AvgIpc) is 2.81. The monoisotopic (exact) mass is 454 g/mol. The van der Waals surface area contributed by atoms with Gasteiger partial charge in [0.25, 0.3) is 0 Å². The number of anilines is 2. The smallest absolute Gasteiger partial charge is 0.321 e. The van der Waals surface area contributed by atoms with Crippen molar-refractivity contribution in [3.8, 4) is 0 Å². The first kappa shape index (κ1) is 22.9. The summed E-state index contributed by atoms with van der Waals surface area (Å²) in [7, 11) is 0. The van der Waals surface area contributed by atoms with Crippen molar-refractivity contribution in [2.75, 3.05) is 49.5 Å². The molecule has 0 spiro atoms. The number of benzene rings is 2. The summed E-state index contributed by atoms with van der Waals surface area (Å²) in [5.41, 5.74) is 4.41. The minimum Gasteiger partial charge on any atom is -0.367 e. The van der Waals surface area contributed by atoms with Crippen LogP contribution in [-0.2, 0) is 0 Å². The van der Waals surface area contributed by atoms with Crippen LogP contribution in [0.1, 0.15) is 43.7 Å². The molecular weight excluding hydrogens is 420 g/mol. The van der Waals surface area contributed by atoms with E-state index in [1.54, 1.807) is 0 Å². The molecule has 2 aromatic carbocycles. The molecule has 2 heterocycles. The van der Waals surface area contributed by atoms with Gasteiger partial charge < -0.3 is 15.1 Å². The number of carbonyl (C=O) groups is 1. The highest BCUT2D eigenvalue weighted by molar-refractivity contribution is 6.34. The van der Waals surface area contributed by atoms with E-state index in [0.717, 1.165) is 63.5 Å². The number of para-hydroxylation sites is 1. The first-order valence-electron chi connectivity index (χ1n) is 11.8. The molecule has 0 aromatic heterocycles. The molecule has 6 heteroatoms. The van der Waals surface area contributed by atoms with E-state index >= 15 is 0 Å². The van der Waals surface area contributed by atoms with Gasteiger partial charge in [0.05, 0.1) is 16.4 Å². The highest BCUT2D eigenvalue weighted by Crippen LogP contribution is 2.35. The van der Waals surface area contributed by atoms with E-state index < -0.39 is 0 Å². The second-order valence-corrected chi connectivity index (χ2v) is 9.76. The molecule has 2 amide bonds. The fourth-order valence-electron chi connectivity index (χ4n) is 4.82. The molecule has 0 bridgehead atoms. The summed E-state index contributed by atoms with van der Waals surface area (Å²) < 4.78 is 0. The van der Waals surface area contributed by atoms with Gasteiger partial charge in [-0.05, 0) is 57.2 Å². The van der Waals surface area contributed by atoms with Crippen molar-refractivity contribution in [1.82, 2.24) is 9.80 Å². The summed E-state index contributed by atoms with van der Waals surface area (Å²) in [6.07, 6.45) is 1.98. The van der Waals surface area contributed by atoms with E-state index in [0.29, 0.717) is 17.0 Å². The SMILES string of the molecule is Cc1ccc(C2CCN(C(=O)Nc3c(Cl)cccc3N3CCN(C(C)C)CC3)CC2)cc1. The molecule has 0 aliphatic carbocycles. The zero-order valence-corrected chi connectivity index (χ0v) is 20.2. The number of nitrogens with one attached hydrogen (secondary N) is 1. The molecule has 2 fully saturated rings. The maximum atomic E-state index is 13.1. The van der Waals surface area contributed by atoms with Crippen molar-refractivity contribution in [3.05, 3.63) is 58.6 Å². The lowest BCUT2D eigenvalue weighted by Crippen LogP contribution is -2.49. The maximum absolute atomic E-state index is 13.1. The Balaban J connectivity index is 1.39. The van der Waals surface area contributed by atoms with Crippen molar-refractivity contribution >= 4 is 29.0 Å². The highest BCUT2D eigenvalue weighted by atomic mass is 35.5. The van der Waals surface area contributed by atoms with Gasteiger partial charge in [0, 0.05) is 45.3 Å². The molecule has 2 aliphatic rings. The number of urea groups is 1. The molecule has 0 atom stereocenters. The third kappa shape index (κ3) is 5.21. The number of carbonyl (C=O) groups excluding carboxylic acids is 1. The van der Waals surface area contributed by atoms with Crippen LogP contribution in [-0.4, -0.2) is 61.1 Å². The quantitative estimate of drug-likeness (QED) is 0.654. The van der Waals surface area contributed by atoms with Crippen LogP contribution in [0.5, 0.6) is 0 Å². The van der Waals surface area contributed by atoms with Crippen molar-refractivity contribution in [1.29, 1.82) is 0 Å². The minimum atomic E-state index is -0.0532. The van der Waals surface area contributed by atoms with E-state index in [-0.39, 0.29) is 6.03 Å². The van der Waals surface area contributed by atoms with E-state index in [9.17, 15) is 4.79 Å². The summed E-state index contributed by atoms with van der Waals surface area (Å²) in [5, 5.41) is 3.74. The van der Waals surface area contributed by atoms with Crippen LogP contribution in [0.3, 0.4) is 0 Å². The summed E-state index contributed by atoms with van der Waals surface area (Å²) in [6.45, 7) is 12.0. The molecule has 2 aromatic rings. The zero-order valence-electron chi connectivity index (χ0n) is 19.5. The van der Waals surface area contributed by atoms with Crippen LogP contribution in [0.4, 0.5) is 16.2 Å². The predicted molar refractivity (Wildman–Crippen MR) is 134 cm³/mol. The predicted octanol–water partition coefficient (Wildman–Crippen LogP) is 5.59. The number of piperidine rings is 1. The summed E-state index contributed by atoms with van der Waals surface area (Å²) in [4.78, 5) is 19.9. The number of nitrogens with zero attached hydrogens (tertiary/aromatic N) is 3. The Labute approximate surface area is 197 Å². The van der Waals surface area contributed by atoms with Crippen molar-refractivity contribution < 1.29 is 4.79 Å². The molecule has 0 radical (unpaired) electrons. The highest BCUT2D eigenvalue weighted by Gasteiger charge is 2.26. The standard InChI is InChI=1S/C26H35ClN4O/c1-19(2)29-15-17-30(18-16-29)24-6-4-5-23(27)25(24)28-26(32)31-13-11-22(12-14-31)21-9-7-20(3)8-10-21/h4-10,19,22H,11-18H2,1-3H3,(H,28,32). The molecule has 2 aliphatic heterocycles. The Kier molecular flexibility index (Phi) is 7.27. The Morgan fingerprint density at radius 2 is 1.62 bits per heavy atom. The minimum absolute atomic E-state index is 0.0532. The Bertz CT molecular complexity index is 914. The third-order valence-corrected chi connectivity index (χ3v) is 7.25. The van der Waals surface area contributed by atoms with Crippen LogP contribution in [0.25, 0.3) is 0 Å². The topological polar surface area (TPSA) is 38.8 Å². The van der Waals surface area contributed by atoms with Crippen molar-refractivity contribution in [2.45, 2.75) is 45.6 Å². The van der Waals surface area contributed by atoms with Gasteiger partial charge >= 0.3 is 6.03 Å². The first-order chi connectivity index (χ1) is 15.4. The number of hydrogen-bond donors (Lipinski definition) is 1. The first-order valence-corrected chi connectivity index (χ1v) is 12.2. The molecule has 1 N–H and O–H groups in total. The Hall–Kier alpha value is -2.24. The summed E-state index contributed by atoms with van der Waals surface area (Å²) >= 11 is 6.56. The number of rotatable bonds is 4. The van der Waals surface area contributed by atoms with Gasteiger partial charge in [-0.15, -0.1) is 0 Å². The van der Waals surface area contributed by atoms with E-state index in [1.165, 1.54) is 11.1 Å². The Morgan fingerprint density at radius 3 is 2.25 bits per heavy atom. The lowest BCUT2D eigenvalue weighted by atomic mass is 9.89. The number of amides is 2. The number of piperazine rings is 1. The van der Waals surface area contributed by atoms with Crippen LogP contribution in [0, 0.1) is 6.92 Å². The normalized spacial score (nSPS) is 18.3. The summed E-state index contributed by atoms with van der Waals surface area (Å²) in [5.74, 6) is 0.521. The van der Waals surface area contributed by atoms with Crippen molar-refractivity contribution in [2.24, 2.45) is 0 Å². The van der Waals surface area contributed by atoms with Gasteiger partial charge in [-0.1, -0.05) is 47.5 Å². The zero-order chi connectivity index (χ0) is 22.7. The van der Waals surface area contributed by atoms with Gasteiger partial charge in [-0.3, -0.25) is 4.90 Å². The second-order valence-electron chi connectivity index (χ2n) is 9.35. The van der Waals surface area contributed by atoms with Gasteiger partial charge in [-0.25, -0.2) is 4.79 Å². The lowest BCUT2D eigenvalue weighted by molar-refractivity contribution is 0.194. The molecule has 0 unspecified atom stereocenters.